The van der Waals surface area contributed by atoms with Gasteiger partial charge in [0.1, 0.15) is 12.0 Å². The third-order valence-electron chi connectivity index (χ3n) is 5.99. The standard InChI is InChI=1S/C25H33N7O/c1-15(2)26-25(33)19-13-11-18(12-14-19)22(31(5)6)16(3)27-23-20-9-7-8-10-21(20)24-29-28-17(4)32(24)30-23/h7-16,22-23,27,30H,1-6H3,(H,26,33)/t16-,22+,23?/m1/s1. The van der Waals surface area contributed by atoms with Crippen molar-refractivity contribution in [3.8, 4) is 11.4 Å². The molecule has 0 fully saturated rings. The van der Waals surface area contributed by atoms with Gasteiger partial charge in [-0.3, -0.25) is 10.1 Å². The van der Waals surface area contributed by atoms with Crippen LogP contribution in [-0.2, 0) is 0 Å². The predicted molar refractivity (Wildman–Crippen MR) is 130 cm³/mol. The van der Waals surface area contributed by atoms with E-state index < -0.39 is 0 Å². The van der Waals surface area contributed by atoms with Crippen molar-refractivity contribution in [1.29, 1.82) is 0 Å². The summed E-state index contributed by atoms with van der Waals surface area (Å²) in [6, 6.07) is 16.5. The van der Waals surface area contributed by atoms with Gasteiger partial charge in [-0.05, 0) is 59.5 Å². The maximum Gasteiger partial charge on any atom is 0.251 e. The molecule has 8 nitrogen and oxygen atoms in total. The molecule has 174 valence electrons. The summed E-state index contributed by atoms with van der Waals surface area (Å²) in [6.45, 7) is 8.05. The van der Waals surface area contributed by atoms with Crippen molar-refractivity contribution in [2.75, 3.05) is 19.5 Å². The molecule has 0 spiro atoms. The van der Waals surface area contributed by atoms with Crippen LogP contribution in [0.5, 0.6) is 0 Å². The quantitative estimate of drug-likeness (QED) is 0.516. The van der Waals surface area contributed by atoms with Gasteiger partial charge in [0, 0.05) is 34.8 Å². The smallest absolute Gasteiger partial charge is 0.251 e. The molecule has 3 atom stereocenters. The number of nitrogens with zero attached hydrogens (tertiary/aromatic N) is 4. The fourth-order valence-electron chi connectivity index (χ4n) is 4.53. The molecule has 3 aromatic rings. The van der Waals surface area contributed by atoms with Crippen molar-refractivity contribution >= 4 is 5.91 Å². The minimum Gasteiger partial charge on any atom is -0.350 e. The third kappa shape index (κ3) is 4.62. The number of aryl methyl sites for hydroxylation is 1. The second-order valence-corrected chi connectivity index (χ2v) is 9.17. The van der Waals surface area contributed by atoms with Gasteiger partial charge in [0.25, 0.3) is 5.91 Å². The minimum absolute atomic E-state index is 0.0488. The topological polar surface area (TPSA) is 87.1 Å². The van der Waals surface area contributed by atoms with Gasteiger partial charge in [0.15, 0.2) is 5.82 Å². The molecule has 0 radical (unpaired) electrons. The Balaban J connectivity index is 1.57. The van der Waals surface area contributed by atoms with Crippen molar-refractivity contribution in [3.63, 3.8) is 0 Å². The maximum atomic E-state index is 12.3. The Kier molecular flexibility index (Phi) is 6.49. The summed E-state index contributed by atoms with van der Waals surface area (Å²) in [6.07, 6.45) is -0.100. The lowest BCUT2D eigenvalue weighted by atomic mass is 9.96. The van der Waals surface area contributed by atoms with Crippen LogP contribution in [0, 0.1) is 6.92 Å². The number of carbonyl (C=O) groups is 1. The van der Waals surface area contributed by atoms with Crippen LogP contribution in [0.1, 0.15) is 60.3 Å². The highest BCUT2D eigenvalue weighted by atomic mass is 16.1. The Bertz CT molecular complexity index is 1120. The number of benzene rings is 2. The van der Waals surface area contributed by atoms with Crippen LogP contribution in [0.2, 0.25) is 0 Å². The summed E-state index contributed by atoms with van der Waals surface area (Å²) in [4.78, 5) is 14.5. The van der Waals surface area contributed by atoms with E-state index in [0.717, 1.165) is 28.3 Å². The number of fused-ring (bicyclic) bond motifs is 3. The van der Waals surface area contributed by atoms with Crippen LogP contribution in [0.4, 0.5) is 0 Å². The molecular formula is C25H33N7O. The Morgan fingerprint density at radius 2 is 1.76 bits per heavy atom. The number of carbonyl (C=O) groups excluding carboxylic acids is 1. The predicted octanol–water partition coefficient (Wildman–Crippen LogP) is 3.23. The number of hydrogen-bond acceptors (Lipinski definition) is 6. The van der Waals surface area contributed by atoms with Crippen molar-refractivity contribution in [2.24, 2.45) is 0 Å². The fraction of sp³-hybridized carbons (Fsp3) is 0.400. The Labute approximate surface area is 195 Å². The van der Waals surface area contributed by atoms with Gasteiger partial charge in [0.2, 0.25) is 0 Å². The molecule has 1 aliphatic rings. The zero-order valence-corrected chi connectivity index (χ0v) is 20.1. The monoisotopic (exact) mass is 447 g/mol. The molecule has 1 aromatic heterocycles. The molecule has 0 bridgehead atoms. The van der Waals surface area contributed by atoms with Gasteiger partial charge in [-0.1, -0.05) is 36.4 Å². The largest absolute Gasteiger partial charge is 0.350 e. The number of nitrogens with one attached hydrogen (secondary N) is 3. The molecule has 4 rings (SSSR count). The van der Waals surface area contributed by atoms with E-state index in [9.17, 15) is 4.79 Å². The van der Waals surface area contributed by atoms with Crippen LogP contribution >= 0.6 is 0 Å². The van der Waals surface area contributed by atoms with Crippen LogP contribution in [0.25, 0.3) is 11.4 Å². The van der Waals surface area contributed by atoms with Crippen molar-refractivity contribution in [2.45, 2.75) is 52.0 Å². The van der Waals surface area contributed by atoms with E-state index in [2.05, 4.69) is 64.3 Å². The number of amides is 1. The fourth-order valence-corrected chi connectivity index (χ4v) is 4.53. The van der Waals surface area contributed by atoms with Crippen LogP contribution in [-0.4, -0.2) is 51.9 Å². The van der Waals surface area contributed by atoms with E-state index >= 15 is 0 Å². The lowest BCUT2D eigenvalue weighted by molar-refractivity contribution is 0.0943. The van der Waals surface area contributed by atoms with E-state index in [1.54, 1.807) is 0 Å². The molecule has 2 aromatic carbocycles. The van der Waals surface area contributed by atoms with E-state index in [0.29, 0.717) is 5.56 Å². The lowest BCUT2D eigenvalue weighted by Gasteiger charge is -2.36. The first kappa shape index (κ1) is 22.9. The molecule has 3 N–H and O–H groups in total. The zero-order chi connectivity index (χ0) is 23.7. The first-order chi connectivity index (χ1) is 15.8. The summed E-state index contributed by atoms with van der Waals surface area (Å²) >= 11 is 0. The summed E-state index contributed by atoms with van der Waals surface area (Å²) in [5.74, 6) is 1.60. The summed E-state index contributed by atoms with van der Waals surface area (Å²) < 4.78 is 1.94. The van der Waals surface area contributed by atoms with Gasteiger partial charge in [-0.25, -0.2) is 4.68 Å². The molecule has 33 heavy (non-hydrogen) atoms. The van der Waals surface area contributed by atoms with E-state index in [4.69, 9.17) is 0 Å². The Morgan fingerprint density at radius 1 is 1.06 bits per heavy atom. The van der Waals surface area contributed by atoms with Crippen LogP contribution < -0.4 is 16.1 Å². The normalized spacial score (nSPS) is 16.7. The zero-order valence-electron chi connectivity index (χ0n) is 20.1. The van der Waals surface area contributed by atoms with E-state index in [1.807, 2.05) is 61.8 Å². The van der Waals surface area contributed by atoms with Gasteiger partial charge in [-0.15, -0.1) is 10.2 Å². The highest BCUT2D eigenvalue weighted by Crippen LogP contribution is 2.33. The average molecular weight is 448 g/mol. The first-order valence-corrected chi connectivity index (χ1v) is 11.4. The molecule has 2 heterocycles. The molecule has 0 saturated heterocycles. The molecule has 1 unspecified atom stereocenters. The second-order valence-electron chi connectivity index (χ2n) is 9.17. The Morgan fingerprint density at radius 3 is 2.42 bits per heavy atom. The number of aromatic nitrogens is 3. The number of rotatable bonds is 7. The average Bonchev–Trinajstić information content (AvgIpc) is 3.14. The highest BCUT2D eigenvalue weighted by molar-refractivity contribution is 5.94. The summed E-state index contributed by atoms with van der Waals surface area (Å²) in [5.41, 5.74) is 7.56. The molecule has 0 aliphatic carbocycles. The molecular weight excluding hydrogens is 414 g/mol. The van der Waals surface area contributed by atoms with Gasteiger partial charge in [0.05, 0.1) is 0 Å². The SMILES string of the molecule is Cc1nnc2n1NC(N[C@H](C)[C@@H](c1ccc(C(=O)NC(C)C)cc1)N(C)C)c1ccccc1-2. The minimum atomic E-state index is -0.100. The first-order valence-electron chi connectivity index (χ1n) is 11.4. The van der Waals surface area contributed by atoms with Crippen LogP contribution in [0.3, 0.4) is 0 Å². The van der Waals surface area contributed by atoms with E-state index in [-0.39, 0.29) is 30.2 Å². The summed E-state index contributed by atoms with van der Waals surface area (Å²) in [7, 11) is 4.15. The number of hydrogen-bond donors (Lipinski definition) is 3. The van der Waals surface area contributed by atoms with E-state index in [1.165, 1.54) is 0 Å². The van der Waals surface area contributed by atoms with Crippen LogP contribution in [0.15, 0.2) is 48.5 Å². The number of likely N-dealkylation sites (N-methyl/N-ethyl adjacent to an activating group) is 1. The molecule has 8 heteroatoms. The van der Waals surface area contributed by atoms with Crippen molar-refractivity contribution in [3.05, 3.63) is 71.0 Å². The second kappa shape index (κ2) is 9.33. The Hall–Kier alpha value is -3.23. The van der Waals surface area contributed by atoms with Gasteiger partial charge >= 0.3 is 0 Å². The molecule has 0 saturated carbocycles. The van der Waals surface area contributed by atoms with Gasteiger partial charge < -0.3 is 15.6 Å². The molecule has 1 aliphatic heterocycles. The lowest BCUT2D eigenvalue weighted by Crippen LogP contribution is -2.46. The third-order valence-corrected chi connectivity index (χ3v) is 5.99. The maximum absolute atomic E-state index is 12.3. The molecule has 1 amide bonds. The highest BCUT2D eigenvalue weighted by Gasteiger charge is 2.30. The van der Waals surface area contributed by atoms with Crippen molar-refractivity contribution < 1.29 is 4.79 Å². The van der Waals surface area contributed by atoms with Crippen molar-refractivity contribution in [1.82, 2.24) is 30.4 Å². The summed E-state index contributed by atoms with van der Waals surface area (Å²) in [5, 5.41) is 15.3. The van der Waals surface area contributed by atoms with Gasteiger partial charge in [-0.2, -0.15) is 0 Å².